The van der Waals surface area contributed by atoms with Gasteiger partial charge >= 0.3 is 0 Å². The minimum atomic E-state index is -0.433. The van der Waals surface area contributed by atoms with E-state index >= 15 is 0 Å². The number of thioether (sulfide) groups is 1. The van der Waals surface area contributed by atoms with Gasteiger partial charge in [-0.05, 0) is 37.8 Å². The van der Waals surface area contributed by atoms with Crippen LogP contribution >= 0.6 is 11.8 Å². The highest BCUT2D eigenvalue weighted by Crippen LogP contribution is 2.30. The predicted molar refractivity (Wildman–Crippen MR) is 133 cm³/mol. The van der Waals surface area contributed by atoms with Gasteiger partial charge in [-0.15, -0.1) is 0 Å². The molecule has 1 amide bonds. The van der Waals surface area contributed by atoms with Gasteiger partial charge in [-0.3, -0.25) is 4.79 Å². The summed E-state index contributed by atoms with van der Waals surface area (Å²) in [5.41, 5.74) is 1.84. The maximum atomic E-state index is 14.6. The lowest BCUT2D eigenvalue weighted by Gasteiger charge is -2.40. The second kappa shape index (κ2) is 10.6. The Morgan fingerprint density at radius 1 is 1.22 bits per heavy atom. The quantitative estimate of drug-likeness (QED) is 0.355. The van der Waals surface area contributed by atoms with Crippen molar-refractivity contribution in [2.45, 2.75) is 55.4 Å². The van der Waals surface area contributed by atoms with Crippen LogP contribution in [-0.2, 0) is 17.9 Å². The third-order valence-electron chi connectivity index (χ3n) is 6.79. The summed E-state index contributed by atoms with van der Waals surface area (Å²) in [4.78, 5) is 29.2. The first-order valence-corrected chi connectivity index (χ1v) is 12.8. The van der Waals surface area contributed by atoms with Gasteiger partial charge in [0.05, 0.1) is 43.1 Å². The van der Waals surface area contributed by atoms with Crippen LogP contribution < -0.4 is 20.7 Å². The summed E-state index contributed by atoms with van der Waals surface area (Å²) in [5, 5.41) is 20.6. The van der Waals surface area contributed by atoms with E-state index in [2.05, 4.69) is 35.9 Å². The molecule has 0 unspecified atom stereocenters. The van der Waals surface area contributed by atoms with E-state index in [9.17, 15) is 14.3 Å². The van der Waals surface area contributed by atoms with Gasteiger partial charge in [0.25, 0.3) is 0 Å². The first kappa shape index (κ1) is 24.8. The molecule has 0 bridgehead atoms. The number of aliphatic hydroxyl groups excluding tert-OH is 1. The molecule has 3 aromatic rings. The number of benzene rings is 1. The number of methoxy groups -OCH3 is 1. The Balaban J connectivity index is 1.19. The van der Waals surface area contributed by atoms with Gasteiger partial charge in [0.2, 0.25) is 11.8 Å². The van der Waals surface area contributed by atoms with E-state index < -0.39 is 5.54 Å². The van der Waals surface area contributed by atoms with E-state index in [1.807, 2.05) is 0 Å². The first-order chi connectivity index (χ1) is 17.5. The Bertz CT molecular complexity index is 1270. The number of amides is 1. The summed E-state index contributed by atoms with van der Waals surface area (Å²) in [7, 11) is 1.51. The van der Waals surface area contributed by atoms with Gasteiger partial charge in [0.15, 0.2) is 5.82 Å². The van der Waals surface area contributed by atoms with Crippen molar-refractivity contribution in [3.8, 4) is 5.88 Å². The monoisotopic (exact) mass is 513 g/mol. The molecule has 5 rings (SSSR count). The SMILES string of the molecule is COc1cnc2ccc(F)c(CNC3CCC(CO)(NCc4cnc5c(n4)NC(=O)CS5)CC3)c2n1. The maximum absolute atomic E-state index is 14.6. The molecule has 2 aliphatic rings. The van der Waals surface area contributed by atoms with Gasteiger partial charge in [-0.2, -0.15) is 0 Å². The van der Waals surface area contributed by atoms with Crippen molar-refractivity contribution in [3.63, 3.8) is 0 Å². The zero-order valence-electron chi connectivity index (χ0n) is 19.9. The molecule has 1 aliphatic heterocycles. The fraction of sp³-hybridized carbons (Fsp3) is 0.458. The molecule has 0 radical (unpaired) electrons. The number of aromatic nitrogens is 4. The Labute approximate surface area is 211 Å². The standard InChI is InChI=1S/C24H28FN7O3S/c1-35-20-11-27-18-3-2-17(25)16(21(18)32-20)10-26-14-4-6-24(13-33,7-5-14)29-9-15-8-28-23-22(30-15)31-19(34)12-36-23/h2-3,8,11,14,26,29,33H,4-7,9-10,12-13H2,1H3,(H,30,31,34). The summed E-state index contributed by atoms with van der Waals surface area (Å²) in [6.07, 6.45) is 6.35. The lowest BCUT2D eigenvalue weighted by Crippen LogP contribution is -2.53. The molecule has 36 heavy (non-hydrogen) atoms. The number of aliphatic hydroxyl groups is 1. The Morgan fingerprint density at radius 2 is 2.06 bits per heavy atom. The summed E-state index contributed by atoms with van der Waals surface area (Å²) in [6, 6.07) is 3.20. The van der Waals surface area contributed by atoms with Crippen molar-refractivity contribution < 1.29 is 19.0 Å². The van der Waals surface area contributed by atoms with Gasteiger partial charge in [0.1, 0.15) is 16.4 Å². The summed E-state index contributed by atoms with van der Waals surface area (Å²) in [5.74, 6) is 0.760. The fourth-order valence-corrected chi connectivity index (χ4v) is 5.34. The minimum absolute atomic E-state index is 0.00197. The molecule has 4 N–H and O–H groups in total. The topological polar surface area (TPSA) is 134 Å². The largest absolute Gasteiger partial charge is 0.480 e. The minimum Gasteiger partial charge on any atom is -0.480 e. The van der Waals surface area contributed by atoms with E-state index in [-0.39, 0.29) is 24.4 Å². The molecule has 1 saturated carbocycles. The number of hydrogen-bond donors (Lipinski definition) is 4. The van der Waals surface area contributed by atoms with Crippen LogP contribution in [0.2, 0.25) is 0 Å². The van der Waals surface area contributed by atoms with Crippen molar-refractivity contribution in [3.05, 3.63) is 41.6 Å². The Hall–Kier alpha value is -2.93. The van der Waals surface area contributed by atoms with Gasteiger partial charge in [-0.25, -0.2) is 24.3 Å². The average Bonchev–Trinajstić information content (AvgIpc) is 2.91. The third-order valence-corrected chi connectivity index (χ3v) is 7.77. The molecule has 12 heteroatoms. The van der Waals surface area contributed by atoms with Gasteiger partial charge in [-0.1, -0.05) is 11.8 Å². The molecular weight excluding hydrogens is 485 g/mol. The summed E-state index contributed by atoms with van der Waals surface area (Å²) < 4.78 is 19.8. The number of carbonyl (C=O) groups excluding carboxylic acids is 1. The van der Waals surface area contributed by atoms with E-state index in [1.54, 1.807) is 12.3 Å². The molecule has 1 aromatic carbocycles. The number of ether oxygens (including phenoxy) is 1. The molecular formula is C24H28FN7O3S. The van der Waals surface area contributed by atoms with Crippen LogP contribution in [0.4, 0.5) is 10.2 Å². The number of halogens is 1. The van der Waals surface area contributed by atoms with Crippen molar-refractivity contribution in [2.75, 3.05) is 24.8 Å². The smallest absolute Gasteiger partial charge is 0.236 e. The second-order valence-corrected chi connectivity index (χ2v) is 10.1. The lowest BCUT2D eigenvalue weighted by atomic mass is 9.79. The Morgan fingerprint density at radius 3 is 2.83 bits per heavy atom. The molecule has 0 atom stereocenters. The van der Waals surface area contributed by atoms with Crippen molar-refractivity contribution in [1.29, 1.82) is 0 Å². The van der Waals surface area contributed by atoms with Crippen LogP contribution in [0.25, 0.3) is 11.0 Å². The lowest BCUT2D eigenvalue weighted by molar-refractivity contribution is -0.113. The number of anilines is 1. The van der Waals surface area contributed by atoms with Crippen molar-refractivity contribution in [2.24, 2.45) is 0 Å². The number of fused-ring (bicyclic) bond motifs is 2. The van der Waals surface area contributed by atoms with Crippen LogP contribution in [0.15, 0.2) is 29.6 Å². The van der Waals surface area contributed by atoms with Crippen molar-refractivity contribution >= 4 is 34.5 Å². The molecule has 10 nitrogen and oxygen atoms in total. The van der Waals surface area contributed by atoms with Crippen LogP contribution in [0.3, 0.4) is 0 Å². The number of hydrogen-bond acceptors (Lipinski definition) is 10. The van der Waals surface area contributed by atoms with Crippen LogP contribution in [0.1, 0.15) is 36.9 Å². The van der Waals surface area contributed by atoms with Crippen LogP contribution in [0, 0.1) is 5.82 Å². The highest BCUT2D eigenvalue weighted by molar-refractivity contribution is 8.00. The predicted octanol–water partition coefficient (Wildman–Crippen LogP) is 2.16. The molecule has 1 fully saturated rings. The highest BCUT2D eigenvalue weighted by atomic mass is 32.2. The van der Waals surface area contributed by atoms with Gasteiger partial charge in [0, 0.05) is 30.2 Å². The third kappa shape index (κ3) is 5.26. The summed E-state index contributed by atoms with van der Waals surface area (Å²) in [6.45, 7) is 0.753. The fourth-order valence-electron chi connectivity index (χ4n) is 4.64. The average molecular weight is 514 g/mol. The zero-order chi connectivity index (χ0) is 25.1. The molecule has 2 aromatic heterocycles. The molecule has 190 valence electrons. The molecule has 3 heterocycles. The molecule has 0 spiro atoms. The zero-order valence-corrected chi connectivity index (χ0v) is 20.7. The van der Waals surface area contributed by atoms with Gasteiger partial charge < -0.3 is 25.8 Å². The van der Waals surface area contributed by atoms with Crippen LogP contribution in [0.5, 0.6) is 5.88 Å². The van der Waals surface area contributed by atoms with E-state index in [0.717, 1.165) is 25.7 Å². The number of carbonyl (C=O) groups is 1. The van der Waals surface area contributed by atoms with E-state index in [4.69, 9.17) is 4.74 Å². The van der Waals surface area contributed by atoms with E-state index in [1.165, 1.54) is 31.1 Å². The van der Waals surface area contributed by atoms with E-state index in [0.29, 0.717) is 57.9 Å². The maximum Gasteiger partial charge on any atom is 0.236 e. The normalized spacial score (nSPS) is 21.8. The second-order valence-electron chi connectivity index (χ2n) is 9.11. The van der Waals surface area contributed by atoms with Crippen molar-refractivity contribution in [1.82, 2.24) is 30.6 Å². The summed E-state index contributed by atoms with van der Waals surface area (Å²) >= 11 is 1.37. The molecule has 0 saturated heterocycles. The first-order valence-electron chi connectivity index (χ1n) is 11.8. The number of rotatable bonds is 8. The Kier molecular flexibility index (Phi) is 7.28. The highest BCUT2D eigenvalue weighted by Gasteiger charge is 2.34. The number of nitrogens with zero attached hydrogens (tertiary/aromatic N) is 4. The van der Waals surface area contributed by atoms with Crippen LogP contribution in [-0.4, -0.2) is 62.0 Å². The number of nitrogens with one attached hydrogen (secondary N) is 3. The molecule has 1 aliphatic carbocycles.